The summed E-state index contributed by atoms with van der Waals surface area (Å²) in [7, 11) is 3.03. The number of benzene rings is 2. The molecule has 6 nitrogen and oxygen atoms in total. The second kappa shape index (κ2) is 9.29. The summed E-state index contributed by atoms with van der Waals surface area (Å²) in [5.74, 6) is -0.288. The quantitative estimate of drug-likeness (QED) is 0.724. The van der Waals surface area contributed by atoms with Crippen LogP contribution in [0.15, 0.2) is 45.3 Å². The Morgan fingerprint density at radius 1 is 0.875 bits per heavy atom. The number of halogens is 2. The molecule has 0 saturated carbocycles. The minimum atomic E-state index is -0.963. The average molecular weight is 461 g/mol. The van der Waals surface area contributed by atoms with Crippen molar-refractivity contribution in [2.75, 3.05) is 14.2 Å². The molecular weight excluding hydrogens is 446 g/mol. The lowest BCUT2D eigenvalue weighted by Gasteiger charge is -2.02. The summed E-state index contributed by atoms with van der Waals surface area (Å²) in [5.41, 5.74) is 5.73. The maximum Gasteiger partial charge on any atom is 0.335 e. The lowest BCUT2D eigenvalue weighted by molar-refractivity contribution is 0.0696. The predicted molar refractivity (Wildman–Crippen MR) is 96.9 cm³/mol. The summed E-state index contributed by atoms with van der Waals surface area (Å²) in [6.45, 7) is 0. The molecule has 24 heavy (non-hydrogen) atoms. The summed E-state index contributed by atoms with van der Waals surface area (Å²) < 4.78 is 11.3. The SMILES string of the molecule is COc1cc(Br)cc(C(=O)O)c1.COc1cc(Br)cc(C(N)=O)c1. The first kappa shape index (κ1) is 20.0. The number of carboxylic acid groups (broad SMARTS) is 1. The van der Waals surface area contributed by atoms with Gasteiger partial charge in [-0.25, -0.2) is 4.79 Å². The van der Waals surface area contributed by atoms with Gasteiger partial charge in [-0.1, -0.05) is 31.9 Å². The van der Waals surface area contributed by atoms with E-state index in [-0.39, 0.29) is 5.56 Å². The van der Waals surface area contributed by atoms with Gasteiger partial charge in [-0.15, -0.1) is 0 Å². The van der Waals surface area contributed by atoms with Gasteiger partial charge in [0.25, 0.3) is 0 Å². The molecule has 0 aliphatic carbocycles. The Morgan fingerprint density at radius 3 is 1.67 bits per heavy atom. The van der Waals surface area contributed by atoms with E-state index in [9.17, 15) is 9.59 Å². The molecule has 0 atom stereocenters. The number of rotatable bonds is 4. The number of primary amides is 1. The monoisotopic (exact) mass is 459 g/mol. The molecule has 0 aliphatic rings. The number of carbonyl (C=O) groups is 2. The van der Waals surface area contributed by atoms with Crippen molar-refractivity contribution in [2.45, 2.75) is 0 Å². The van der Waals surface area contributed by atoms with Gasteiger partial charge in [-0.2, -0.15) is 0 Å². The lowest BCUT2D eigenvalue weighted by atomic mass is 10.2. The van der Waals surface area contributed by atoms with E-state index in [0.717, 1.165) is 4.47 Å². The summed E-state index contributed by atoms with van der Waals surface area (Å²) in [4.78, 5) is 21.3. The Balaban J connectivity index is 0.000000240. The molecule has 0 spiro atoms. The third-order valence-electron chi connectivity index (χ3n) is 2.75. The number of methoxy groups -OCH3 is 2. The van der Waals surface area contributed by atoms with E-state index in [1.165, 1.54) is 26.4 Å². The highest BCUT2D eigenvalue weighted by atomic mass is 79.9. The van der Waals surface area contributed by atoms with Gasteiger partial charge in [0.2, 0.25) is 5.91 Å². The van der Waals surface area contributed by atoms with Gasteiger partial charge in [0, 0.05) is 14.5 Å². The van der Waals surface area contributed by atoms with Crippen LogP contribution in [0, 0.1) is 0 Å². The average Bonchev–Trinajstić information content (AvgIpc) is 2.54. The molecule has 2 aromatic rings. The van der Waals surface area contributed by atoms with Crippen molar-refractivity contribution in [3.8, 4) is 11.5 Å². The Kier molecular flexibility index (Phi) is 7.73. The summed E-state index contributed by atoms with van der Waals surface area (Å²) >= 11 is 6.41. The van der Waals surface area contributed by atoms with Crippen LogP contribution in [-0.2, 0) is 0 Å². The van der Waals surface area contributed by atoms with Crippen LogP contribution < -0.4 is 15.2 Å². The molecular formula is C16H15Br2NO5. The highest BCUT2D eigenvalue weighted by molar-refractivity contribution is 9.10. The van der Waals surface area contributed by atoms with Crippen molar-refractivity contribution in [1.29, 1.82) is 0 Å². The molecule has 1 amide bonds. The fourth-order valence-electron chi connectivity index (χ4n) is 1.63. The van der Waals surface area contributed by atoms with Crippen LogP contribution in [0.4, 0.5) is 0 Å². The molecule has 0 saturated heterocycles. The van der Waals surface area contributed by atoms with E-state index in [2.05, 4.69) is 31.9 Å². The molecule has 0 fully saturated rings. The topological polar surface area (TPSA) is 98.8 Å². The van der Waals surface area contributed by atoms with Crippen LogP contribution >= 0.6 is 31.9 Å². The van der Waals surface area contributed by atoms with Crippen LogP contribution in [0.1, 0.15) is 20.7 Å². The maximum atomic E-state index is 10.8. The highest BCUT2D eigenvalue weighted by Crippen LogP contribution is 2.21. The van der Waals surface area contributed by atoms with Crippen LogP contribution in [0.25, 0.3) is 0 Å². The van der Waals surface area contributed by atoms with E-state index >= 15 is 0 Å². The largest absolute Gasteiger partial charge is 0.497 e. The number of carbonyl (C=O) groups excluding carboxylic acids is 1. The second-order valence-electron chi connectivity index (χ2n) is 4.43. The third-order valence-corrected chi connectivity index (χ3v) is 3.66. The summed E-state index contributed by atoms with van der Waals surface area (Å²) in [6.07, 6.45) is 0. The summed E-state index contributed by atoms with van der Waals surface area (Å²) in [5, 5.41) is 8.65. The number of nitrogens with two attached hydrogens (primary N) is 1. The molecule has 128 valence electrons. The fraction of sp³-hybridized carbons (Fsp3) is 0.125. The Hall–Kier alpha value is -2.06. The molecule has 0 aliphatic heterocycles. The van der Waals surface area contributed by atoms with E-state index in [4.69, 9.17) is 20.3 Å². The normalized spacial score (nSPS) is 9.50. The fourth-order valence-corrected chi connectivity index (χ4v) is 2.57. The number of hydrogen-bond donors (Lipinski definition) is 2. The minimum Gasteiger partial charge on any atom is -0.497 e. The van der Waals surface area contributed by atoms with Crippen molar-refractivity contribution in [1.82, 2.24) is 0 Å². The van der Waals surface area contributed by atoms with Crippen molar-refractivity contribution < 1.29 is 24.2 Å². The standard InChI is InChI=1S/C8H8BrNO2.C8H7BrO3/c2*1-12-7-3-5(8(10)11)2-6(9)4-7/h2-4H,1H3,(H2,10,11);2-4H,1H3,(H,10,11). The molecule has 0 heterocycles. The molecule has 0 unspecified atom stereocenters. The van der Waals surface area contributed by atoms with E-state index in [1.807, 2.05) is 0 Å². The first-order chi connectivity index (χ1) is 11.3. The second-order valence-corrected chi connectivity index (χ2v) is 6.26. The molecule has 8 heteroatoms. The van der Waals surface area contributed by atoms with Crippen molar-refractivity contribution in [2.24, 2.45) is 5.73 Å². The van der Waals surface area contributed by atoms with Gasteiger partial charge in [-0.05, 0) is 36.4 Å². The van der Waals surface area contributed by atoms with Gasteiger partial charge in [0.15, 0.2) is 0 Å². The van der Waals surface area contributed by atoms with Crippen molar-refractivity contribution >= 4 is 43.7 Å². The maximum absolute atomic E-state index is 10.8. The number of hydrogen-bond acceptors (Lipinski definition) is 4. The zero-order valence-corrected chi connectivity index (χ0v) is 16.0. The molecule has 0 radical (unpaired) electrons. The zero-order chi connectivity index (χ0) is 18.3. The van der Waals surface area contributed by atoms with Crippen molar-refractivity contribution in [3.63, 3.8) is 0 Å². The summed E-state index contributed by atoms with van der Waals surface area (Å²) in [6, 6.07) is 9.68. The van der Waals surface area contributed by atoms with Gasteiger partial charge < -0.3 is 20.3 Å². The third kappa shape index (κ3) is 6.21. The number of aromatic carboxylic acids is 1. The highest BCUT2D eigenvalue weighted by Gasteiger charge is 2.05. The molecule has 2 rings (SSSR count). The van der Waals surface area contributed by atoms with Gasteiger partial charge in [0.1, 0.15) is 11.5 Å². The predicted octanol–water partition coefficient (Wildman–Crippen LogP) is 3.71. The van der Waals surface area contributed by atoms with Crippen LogP contribution in [-0.4, -0.2) is 31.2 Å². The molecule has 0 bridgehead atoms. The molecule has 3 N–H and O–H groups in total. The smallest absolute Gasteiger partial charge is 0.335 e. The van der Waals surface area contributed by atoms with Gasteiger partial charge in [0.05, 0.1) is 19.8 Å². The van der Waals surface area contributed by atoms with E-state index in [1.54, 1.807) is 24.3 Å². The first-order valence-corrected chi connectivity index (χ1v) is 8.07. The minimum absolute atomic E-state index is 0.209. The van der Waals surface area contributed by atoms with Crippen LogP contribution in [0.5, 0.6) is 11.5 Å². The lowest BCUT2D eigenvalue weighted by Crippen LogP contribution is -2.10. The van der Waals surface area contributed by atoms with E-state index < -0.39 is 11.9 Å². The Morgan fingerprint density at radius 2 is 1.29 bits per heavy atom. The number of carboxylic acids is 1. The van der Waals surface area contributed by atoms with Gasteiger partial charge in [-0.3, -0.25) is 4.79 Å². The van der Waals surface area contributed by atoms with Gasteiger partial charge >= 0.3 is 5.97 Å². The van der Waals surface area contributed by atoms with Crippen LogP contribution in [0.2, 0.25) is 0 Å². The molecule has 2 aromatic carbocycles. The van der Waals surface area contributed by atoms with E-state index in [0.29, 0.717) is 21.5 Å². The number of ether oxygens (including phenoxy) is 2. The molecule has 0 aromatic heterocycles. The van der Waals surface area contributed by atoms with Crippen LogP contribution in [0.3, 0.4) is 0 Å². The Bertz CT molecular complexity index is 686. The first-order valence-electron chi connectivity index (χ1n) is 6.49. The zero-order valence-electron chi connectivity index (χ0n) is 12.9. The van der Waals surface area contributed by atoms with Crippen molar-refractivity contribution in [3.05, 3.63) is 56.5 Å². The Labute approximate surface area is 155 Å². The number of amides is 1.